The third-order valence-electron chi connectivity index (χ3n) is 2.85. The Kier molecular flexibility index (Phi) is 4.39. The van der Waals surface area contributed by atoms with Crippen LogP contribution in [0.25, 0.3) is 0 Å². The first-order chi connectivity index (χ1) is 7.88. The first-order valence-corrected chi connectivity index (χ1v) is 5.72. The van der Waals surface area contributed by atoms with Crippen LogP contribution in [-0.4, -0.2) is 44.4 Å². The molecule has 1 aromatic rings. The van der Waals surface area contributed by atoms with E-state index in [0.29, 0.717) is 6.10 Å². The van der Waals surface area contributed by atoms with Crippen LogP contribution in [0.15, 0.2) is 23.0 Å². The topological polar surface area (TPSA) is 34.8 Å². The largest absolute Gasteiger partial charge is 0.472 e. The van der Waals surface area contributed by atoms with Crippen molar-refractivity contribution in [2.24, 2.45) is 0 Å². The van der Waals surface area contributed by atoms with Crippen molar-refractivity contribution in [3.63, 3.8) is 0 Å². The molecule has 4 heteroatoms. The van der Waals surface area contributed by atoms with Crippen LogP contribution in [0.2, 0.25) is 0 Å². The van der Waals surface area contributed by atoms with Gasteiger partial charge in [-0.1, -0.05) is 0 Å². The van der Waals surface area contributed by atoms with Gasteiger partial charge in [-0.2, -0.15) is 0 Å². The Labute approximate surface area is 96.1 Å². The Bertz CT molecular complexity index is 286. The van der Waals surface area contributed by atoms with Crippen molar-refractivity contribution >= 4 is 0 Å². The van der Waals surface area contributed by atoms with Crippen LogP contribution >= 0.6 is 0 Å². The van der Waals surface area contributed by atoms with Crippen molar-refractivity contribution in [2.45, 2.75) is 19.1 Å². The molecule has 0 radical (unpaired) electrons. The number of hydrogen-bond donors (Lipinski definition) is 0. The van der Waals surface area contributed by atoms with Crippen molar-refractivity contribution in [1.82, 2.24) is 4.90 Å². The third-order valence-corrected chi connectivity index (χ3v) is 2.85. The molecule has 1 aliphatic heterocycles. The zero-order chi connectivity index (χ0) is 11.2. The molecule has 0 aliphatic carbocycles. The number of morpholine rings is 1. The zero-order valence-corrected chi connectivity index (χ0v) is 9.72. The minimum Gasteiger partial charge on any atom is -0.472 e. The molecule has 0 spiro atoms. The van der Waals surface area contributed by atoms with Gasteiger partial charge in [0, 0.05) is 38.9 Å². The monoisotopic (exact) mass is 225 g/mol. The van der Waals surface area contributed by atoms with E-state index < -0.39 is 0 Å². The molecule has 1 fully saturated rings. The molecule has 0 bridgehead atoms. The summed E-state index contributed by atoms with van der Waals surface area (Å²) in [7, 11) is 1.73. The van der Waals surface area contributed by atoms with Crippen LogP contribution in [0, 0.1) is 0 Å². The van der Waals surface area contributed by atoms with Crippen molar-refractivity contribution in [3.05, 3.63) is 24.2 Å². The van der Waals surface area contributed by atoms with E-state index >= 15 is 0 Å². The second-order valence-corrected chi connectivity index (χ2v) is 4.14. The summed E-state index contributed by atoms with van der Waals surface area (Å²) in [6.07, 6.45) is 4.80. The molecule has 0 aromatic carbocycles. The summed E-state index contributed by atoms with van der Waals surface area (Å²) in [6.45, 7) is 4.50. The molecular weight excluding hydrogens is 206 g/mol. The summed E-state index contributed by atoms with van der Waals surface area (Å²) >= 11 is 0. The lowest BCUT2D eigenvalue weighted by molar-refractivity contribution is -0.0432. The highest BCUT2D eigenvalue weighted by Crippen LogP contribution is 2.12. The Morgan fingerprint density at radius 2 is 2.50 bits per heavy atom. The molecule has 1 atom stereocenters. The molecule has 1 saturated heterocycles. The molecule has 2 rings (SSSR count). The minimum atomic E-state index is 0.306. The Balaban J connectivity index is 1.77. The first-order valence-electron chi connectivity index (χ1n) is 5.72. The molecule has 2 heterocycles. The second kappa shape index (κ2) is 6.03. The predicted octanol–water partition coefficient (Wildman–Crippen LogP) is 1.52. The van der Waals surface area contributed by atoms with E-state index in [-0.39, 0.29) is 0 Å². The average Bonchev–Trinajstić information content (AvgIpc) is 2.80. The van der Waals surface area contributed by atoms with E-state index in [0.717, 1.165) is 39.3 Å². The van der Waals surface area contributed by atoms with E-state index in [2.05, 4.69) is 4.90 Å². The Morgan fingerprint density at radius 3 is 3.25 bits per heavy atom. The van der Waals surface area contributed by atoms with E-state index in [1.165, 1.54) is 5.56 Å². The number of ether oxygens (including phenoxy) is 2. The maximum absolute atomic E-state index is 5.68. The Morgan fingerprint density at radius 1 is 1.56 bits per heavy atom. The molecule has 0 amide bonds. The lowest BCUT2D eigenvalue weighted by atomic mass is 10.2. The van der Waals surface area contributed by atoms with E-state index in [9.17, 15) is 0 Å². The molecule has 4 nitrogen and oxygen atoms in total. The summed E-state index contributed by atoms with van der Waals surface area (Å²) in [5.41, 5.74) is 1.23. The highest BCUT2D eigenvalue weighted by atomic mass is 16.5. The van der Waals surface area contributed by atoms with Crippen LogP contribution in [0.4, 0.5) is 0 Å². The van der Waals surface area contributed by atoms with Gasteiger partial charge in [0.1, 0.15) is 0 Å². The quantitative estimate of drug-likeness (QED) is 0.761. The van der Waals surface area contributed by atoms with Gasteiger partial charge in [0.2, 0.25) is 0 Å². The summed E-state index contributed by atoms with van der Waals surface area (Å²) < 4.78 is 15.8. The molecule has 90 valence electrons. The normalized spacial score (nSPS) is 22.4. The molecule has 0 N–H and O–H groups in total. The number of nitrogens with zero attached hydrogens (tertiary/aromatic N) is 1. The number of methoxy groups -OCH3 is 1. The smallest absolute Gasteiger partial charge is 0.0947 e. The van der Waals surface area contributed by atoms with Crippen LogP contribution < -0.4 is 0 Å². The number of rotatable bonds is 5. The van der Waals surface area contributed by atoms with Crippen LogP contribution in [0.5, 0.6) is 0 Å². The van der Waals surface area contributed by atoms with Crippen molar-refractivity contribution in [2.75, 3.05) is 33.4 Å². The van der Waals surface area contributed by atoms with Crippen LogP contribution in [0.3, 0.4) is 0 Å². The number of furan rings is 1. The van der Waals surface area contributed by atoms with Gasteiger partial charge in [-0.3, -0.25) is 4.90 Å². The van der Waals surface area contributed by atoms with E-state index in [4.69, 9.17) is 13.9 Å². The standard InChI is InChI=1S/C12H19NO3/c1-14-5-3-12-9-13(4-7-16-12)8-11-2-6-15-10-11/h2,6,10,12H,3-5,7-9H2,1H3. The van der Waals surface area contributed by atoms with Gasteiger partial charge in [-0.25, -0.2) is 0 Å². The van der Waals surface area contributed by atoms with Gasteiger partial charge in [0.15, 0.2) is 0 Å². The first kappa shape index (κ1) is 11.6. The van der Waals surface area contributed by atoms with Crippen molar-refractivity contribution in [1.29, 1.82) is 0 Å². The van der Waals surface area contributed by atoms with Crippen molar-refractivity contribution in [3.8, 4) is 0 Å². The summed E-state index contributed by atoms with van der Waals surface area (Å²) in [5, 5.41) is 0. The SMILES string of the molecule is COCCC1CN(Cc2ccoc2)CCO1. The van der Waals surface area contributed by atoms with Crippen molar-refractivity contribution < 1.29 is 13.9 Å². The highest BCUT2D eigenvalue weighted by molar-refractivity contribution is 5.05. The third kappa shape index (κ3) is 3.33. The van der Waals surface area contributed by atoms with Gasteiger partial charge in [0.05, 0.1) is 25.2 Å². The summed E-state index contributed by atoms with van der Waals surface area (Å²) in [6, 6.07) is 2.01. The van der Waals surface area contributed by atoms with Gasteiger partial charge in [0.25, 0.3) is 0 Å². The predicted molar refractivity (Wildman–Crippen MR) is 60.2 cm³/mol. The lowest BCUT2D eigenvalue weighted by Crippen LogP contribution is -2.42. The summed E-state index contributed by atoms with van der Waals surface area (Å²) in [5.74, 6) is 0. The second-order valence-electron chi connectivity index (χ2n) is 4.14. The van der Waals surface area contributed by atoms with Gasteiger partial charge < -0.3 is 13.9 Å². The fourth-order valence-corrected chi connectivity index (χ4v) is 1.99. The molecule has 1 aromatic heterocycles. The van der Waals surface area contributed by atoms with Gasteiger partial charge in [-0.05, 0) is 12.5 Å². The molecule has 16 heavy (non-hydrogen) atoms. The van der Waals surface area contributed by atoms with E-state index in [1.807, 2.05) is 6.07 Å². The zero-order valence-electron chi connectivity index (χ0n) is 9.72. The van der Waals surface area contributed by atoms with E-state index in [1.54, 1.807) is 19.6 Å². The fraction of sp³-hybridized carbons (Fsp3) is 0.667. The van der Waals surface area contributed by atoms with Gasteiger partial charge in [-0.15, -0.1) is 0 Å². The molecule has 1 unspecified atom stereocenters. The lowest BCUT2D eigenvalue weighted by Gasteiger charge is -2.32. The van der Waals surface area contributed by atoms with Gasteiger partial charge >= 0.3 is 0 Å². The van der Waals surface area contributed by atoms with Crippen LogP contribution in [0.1, 0.15) is 12.0 Å². The maximum Gasteiger partial charge on any atom is 0.0947 e. The van der Waals surface area contributed by atoms with Crippen LogP contribution in [-0.2, 0) is 16.0 Å². The minimum absolute atomic E-state index is 0.306. The molecular formula is C12H19NO3. The Hall–Kier alpha value is -0.840. The maximum atomic E-state index is 5.68. The number of hydrogen-bond acceptors (Lipinski definition) is 4. The average molecular weight is 225 g/mol. The molecule has 1 aliphatic rings. The summed E-state index contributed by atoms with van der Waals surface area (Å²) in [4.78, 5) is 2.40. The highest BCUT2D eigenvalue weighted by Gasteiger charge is 2.20. The molecule has 0 saturated carbocycles. The fourth-order valence-electron chi connectivity index (χ4n) is 1.99.